The van der Waals surface area contributed by atoms with Crippen LogP contribution in [0.25, 0.3) is 0 Å². The van der Waals surface area contributed by atoms with Gasteiger partial charge in [0.1, 0.15) is 11.4 Å². The van der Waals surface area contributed by atoms with E-state index >= 15 is 0 Å². The molecule has 3 amide bonds. The molecule has 3 aromatic rings. The molecule has 3 N–H and O–H groups in total. The number of carboxylic acids is 1. The fourth-order valence-corrected chi connectivity index (χ4v) is 3.87. The monoisotopic (exact) mass is 486 g/mol. The molecule has 2 heterocycles. The molecule has 0 bridgehead atoms. The van der Waals surface area contributed by atoms with Gasteiger partial charge >= 0.3 is 5.97 Å². The molecule has 0 radical (unpaired) electrons. The Morgan fingerprint density at radius 1 is 1.06 bits per heavy atom. The van der Waals surface area contributed by atoms with E-state index in [0.717, 1.165) is 18.4 Å². The van der Waals surface area contributed by atoms with E-state index in [-0.39, 0.29) is 35.7 Å². The first-order valence-electron chi connectivity index (χ1n) is 11.3. The fraction of sp³-hybridized carbons (Fsp3) is 0.192. The zero-order valence-corrected chi connectivity index (χ0v) is 19.1. The van der Waals surface area contributed by atoms with Gasteiger partial charge in [-0.05, 0) is 66.9 Å². The van der Waals surface area contributed by atoms with Gasteiger partial charge in [-0.1, -0.05) is 6.07 Å². The number of nitrogens with one attached hydrogen (secondary N) is 2. The number of rotatable bonds is 7. The third-order valence-electron chi connectivity index (χ3n) is 5.91. The fourth-order valence-electron chi connectivity index (χ4n) is 3.87. The maximum absolute atomic E-state index is 13.3. The maximum Gasteiger partial charge on any atom is 0.335 e. The predicted octanol–water partition coefficient (Wildman–Crippen LogP) is 3.17. The van der Waals surface area contributed by atoms with Crippen LogP contribution >= 0.6 is 0 Å². The summed E-state index contributed by atoms with van der Waals surface area (Å²) < 4.78 is 5.44. The van der Waals surface area contributed by atoms with E-state index < -0.39 is 11.9 Å². The summed E-state index contributed by atoms with van der Waals surface area (Å²) in [7, 11) is 0. The minimum atomic E-state index is -1.04. The Balaban J connectivity index is 1.25. The first-order valence-corrected chi connectivity index (χ1v) is 11.3. The molecule has 10 heteroatoms. The molecule has 2 aliphatic rings. The standard InChI is InChI=1S/C26H22N4O6/c31-23-14-36-22-11-17(4-10-20(22)29-23)25(33)30(19-7-8-19)13-15-1-9-21(27-12-15)24(32)28-18-5-2-16(3-6-18)26(34)35/h1-6,9-12,19H,7-8,13-14H2,(H,28,32)(H,29,31)(H,34,35). The smallest absolute Gasteiger partial charge is 0.335 e. The number of anilines is 2. The second-order valence-corrected chi connectivity index (χ2v) is 8.60. The summed E-state index contributed by atoms with van der Waals surface area (Å²) in [6.07, 6.45) is 3.40. The Bertz CT molecular complexity index is 1350. The Hall–Kier alpha value is -4.73. The molecular formula is C26H22N4O6. The van der Waals surface area contributed by atoms with Crippen LogP contribution in [0, 0.1) is 0 Å². The van der Waals surface area contributed by atoms with Crippen LogP contribution in [0.5, 0.6) is 5.75 Å². The summed E-state index contributed by atoms with van der Waals surface area (Å²) in [4.78, 5) is 54.3. The summed E-state index contributed by atoms with van der Waals surface area (Å²) in [5, 5.41) is 14.4. The molecule has 36 heavy (non-hydrogen) atoms. The molecule has 1 aliphatic carbocycles. The second kappa shape index (κ2) is 9.49. The van der Waals surface area contributed by atoms with Gasteiger partial charge in [0.2, 0.25) is 0 Å². The van der Waals surface area contributed by atoms with Crippen LogP contribution in [0.2, 0.25) is 0 Å². The first kappa shape index (κ1) is 23.0. The van der Waals surface area contributed by atoms with Crippen molar-refractivity contribution >= 4 is 35.1 Å². The molecule has 182 valence electrons. The van der Waals surface area contributed by atoms with Crippen molar-refractivity contribution in [1.29, 1.82) is 0 Å². The number of aromatic nitrogens is 1. The highest BCUT2D eigenvalue weighted by atomic mass is 16.5. The number of carboxylic acid groups (broad SMARTS) is 1. The van der Waals surface area contributed by atoms with E-state index in [1.807, 2.05) is 0 Å². The topological polar surface area (TPSA) is 138 Å². The lowest BCUT2D eigenvalue weighted by Gasteiger charge is -2.24. The molecule has 0 atom stereocenters. The lowest BCUT2D eigenvalue weighted by Crippen LogP contribution is -2.33. The van der Waals surface area contributed by atoms with Gasteiger partial charge in [0.15, 0.2) is 6.61 Å². The van der Waals surface area contributed by atoms with Crippen LogP contribution in [-0.4, -0.2) is 51.3 Å². The van der Waals surface area contributed by atoms with E-state index in [0.29, 0.717) is 29.2 Å². The third kappa shape index (κ3) is 5.02. The summed E-state index contributed by atoms with van der Waals surface area (Å²) >= 11 is 0. The number of hydrogen-bond acceptors (Lipinski definition) is 6. The van der Waals surface area contributed by atoms with Crippen LogP contribution < -0.4 is 15.4 Å². The summed E-state index contributed by atoms with van der Waals surface area (Å²) in [6, 6.07) is 14.3. The van der Waals surface area contributed by atoms with E-state index in [9.17, 15) is 19.2 Å². The number of aromatic carboxylic acids is 1. The van der Waals surface area contributed by atoms with Crippen molar-refractivity contribution in [3.8, 4) is 5.75 Å². The number of fused-ring (bicyclic) bond motifs is 1. The molecule has 0 spiro atoms. The predicted molar refractivity (Wildman–Crippen MR) is 129 cm³/mol. The number of hydrogen-bond donors (Lipinski definition) is 3. The number of nitrogens with zero attached hydrogens (tertiary/aromatic N) is 2. The molecule has 0 saturated heterocycles. The van der Waals surface area contributed by atoms with Crippen molar-refractivity contribution in [3.05, 3.63) is 83.2 Å². The molecule has 1 aromatic heterocycles. The Morgan fingerprint density at radius 3 is 2.47 bits per heavy atom. The molecular weight excluding hydrogens is 464 g/mol. The lowest BCUT2D eigenvalue weighted by atomic mass is 10.1. The summed E-state index contributed by atoms with van der Waals surface area (Å²) in [5.41, 5.74) is 2.56. The maximum atomic E-state index is 13.3. The number of benzene rings is 2. The van der Waals surface area contributed by atoms with Crippen molar-refractivity contribution in [2.75, 3.05) is 17.2 Å². The van der Waals surface area contributed by atoms with E-state index in [1.54, 1.807) is 41.4 Å². The van der Waals surface area contributed by atoms with Crippen molar-refractivity contribution in [2.24, 2.45) is 0 Å². The highest BCUT2D eigenvalue weighted by molar-refractivity contribution is 6.03. The quantitative estimate of drug-likeness (QED) is 0.466. The lowest BCUT2D eigenvalue weighted by molar-refractivity contribution is -0.118. The zero-order chi connectivity index (χ0) is 25.2. The molecule has 5 rings (SSSR count). The zero-order valence-electron chi connectivity index (χ0n) is 19.1. The van der Waals surface area contributed by atoms with Gasteiger partial charge in [-0.15, -0.1) is 0 Å². The van der Waals surface area contributed by atoms with Crippen LogP contribution in [0.1, 0.15) is 49.6 Å². The van der Waals surface area contributed by atoms with Gasteiger partial charge in [-0.25, -0.2) is 4.79 Å². The van der Waals surface area contributed by atoms with E-state index in [1.165, 1.54) is 24.3 Å². The second-order valence-electron chi connectivity index (χ2n) is 8.60. The van der Waals surface area contributed by atoms with Gasteiger partial charge in [-0.2, -0.15) is 0 Å². The SMILES string of the molecule is O=C1COc2cc(C(=O)N(Cc3ccc(C(=O)Nc4ccc(C(=O)O)cc4)nc3)C3CC3)ccc2N1. The summed E-state index contributed by atoms with van der Waals surface area (Å²) in [5.74, 6) is -1.39. The highest BCUT2D eigenvalue weighted by Gasteiger charge is 2.33. The minimum Gasteiger partial charge on any atom is -0.482 e. The number of carbonyl (C=O) groups is 4. The van der Waals surface area contributed by atoms with Crippen LogP contribution in [0.15, 0.2) is 60.8 Å². The van der Waals surface area contributed by atoms with Crippen LogP contribution in [-0.2, 0) is 11.3 Å². The minimum absolute atomic E-state index is 0.0871. The molecule has 10 nitrogen and oxygen atoms in total. The molecule has 1 aliphatic heterocycles. The molecule has 1 fully saturated rings. The molecule has 2 aromatic carbocycles. The van der Waals surface area contributed by atoms with Gasteiger partial charge in [-0.3, -0.25) is 19.4 Å². The van der Waals surface area contributed by atoms with Crippen molar-refractivity contribution < 1.29 is 29.0 Å². The number of pyridine rings is 1. The first-order chi connectivity index (χ1) is 17.4. The average molecular weight is 486 g/mol. The van der Waals surface area contributed by atoms with Gasteiger partial charge in [0.25, 0.3) is 17.7 Å². The van der Waals surface area contributed by atoms with Crippen molar-refractivity contribution in [1.82, 2.24) is 9.88 Å². The van der Waals surface area contributed by atoms with E-state index in [2.05, 4.69) is 15.6 Å². The molecule has 0 unspecified atom stereocenters. The average Bonchev–Trinajstić information content (AvgIpc) is 3.72. The third-order valence-corrected chi connectivity index (χ3v) is 5.91. The van der Waals surface area contributed by atoms with Crippen molar-refractivity contribution in [2.45, 2.75) is 25.4 Å². The van der Waals surface area contributed by atoms with Gasteiger partial charge < -0.3 is 25.4 Å². The number of amides is 3. The van der Waals surface area contributed by atoms with E-state index in [4.69, 9.17) is 9.84 Å². The number of ether oxygens (including phenoxy) is 1. The summed E-state index contributed by atoms with van der Waals surface area (Å²) in [6.45, 7) is 0.250. The highest BCUT2D eigenvalue weighted by Crippen LogP contribution is 2.33. The van der Waals surface area contributed by atoms with Gasteiger partial charge in [0.05, 0.1) is 11.3 Å². The Morgan fingerprint density at radius 2 is 1.81 bits per heavy atom. The normalized spacial score (nSPS) is 14.2. The largest absolute Gasteiger partial charge is 0.482 e. The number of carbonyl (C=O) groups excluding carboxylic acids is 3. The van der Waals surface area contributed by atoms with Crippen LogP contribution in [0.3, 0.4) is 0 Å². The van der Waals surface area contributed by atoms with Crippen molar-refractivity contribution in [3.63, 3.8) is 0 Å². The Kier molecular flexibility index (Phi) is 6.07. The van der Waals surface area contributed by atoms with Gasteiger partial charge in [0, 0.05) is 30.0 Å². The van der Waals surface area contributed by atoms with Crippen LogP contribution in [0.4, 0.5) is 11.4 Å². The molecule has 1 saturated carbocycles. The Labute approximate surface area is 205 Å².